The minimum absolute atomic E-state index is 0.392. The number of aryl methyl sites for hydroxylation is 1. The molecule has 2 heterocycles. The molecule has 0 fully saturated rings. The average Bonchev–Trinajstić information content (AvgIpc) is 2.90. The number of carbonyl (C=O) groups excluding carboxylic acids is 1. The van der Waals surface area contributed by atoms with E-state index in [0.29, 0.717) is 22.7 Å². The van der Waals surface area contributed by atoms with Crippen molar-refractivity contribution in [3.8, 4) is 5.75 Å². The Balaban J connectivity index is 0.00000117. The highest BCUT2D eigenvalue weighted by atomic mass is 16.7. The molecule has 0 aliphatic carbocycles. The Morgan fingerprint density at radius 1 is 1.15 bits per heavy atom. The smallest absolute Gasteiger partial charge is 0.345 e. The Morgan fingerprint density at radius 2 is 1.85 bits per heavy atom. The van der Waals surface area contributed by atoms with Crippen molar-refractivity contribution in [1.82, 2.24) is 0 Å². The molecule has 0 bridgehead atoms. The molecule has 0 radical (unpaired) electrons. The number of esters is 1. The molecule has 0 atom stereocenters. The molecule has 26 heavy (non-hydrogen) atoms. The van der Waals surface area contributed by atoms with Crippen molar-refractivity contribution in [3.05, 3.63) is 59.9 Å². The monoisotopic (exact) mass is 354 g/mol. The number of allylic oxidation sites excluding steroid dienone is 5. The van der Waals surface area contributed by atoms with Gasteiger partial charge in [0.05, 0.1) is 0 Å². The first kappa shape index (κ1) is 19.6. The van der Waals surface area contributed by atoms with E-state index >= 15 is 0 Å². The van der Waals surface area contributed by atoms with Crippen LogP contribution in [-0.2, 0) is 4.74 Å². The molecule has 0 N–H and O–H groups in total. The minimum Gasteiger partial charge on any atom is -0.456 e. The van der Waals surface area contributed by atoms with E-state index in [1.807, 2.05) is 52.0 Å². The molecule has 1 aliphatic heterocycles. The van der Waals surface area contributed by atoms with Gasteiger partial charge in [-0.3, -0.25) is 0 Å². The molecule has 1 aromatic heterocycles. The van der Waals surface area contributed by atoms with Gasteiger partial charge in [0.15, 0.2) is 0 Å². The molecule has 2 aromatic rings. The van der Waals surface area contributed by atoms with Gasteiger partial charge >= 0.3 is 5.97 Å². The van der Waals surface area contributed by atoms with Gasteiger partial charge in [-0.05, 0) is 19.9 Å². The third kappa shape index (κ3) is 3.74. The van der Waals surface area contributed by atoms with Crippen LogP contribution in [-0.4, -0.2) is 11.8 Å². The van der Waals surface area contributed by atoms with Crippen LogP contribution in [0.1, 0.15) is 56.3 Å². The number of benzene rings is 1. The quantitative estimate of drug-likeness (QED) is 0.486. The van der Waals surface area contributed by atoms with Crippen LogP contribution < -0.4 is 4.74 Å². The highest BCUT2D eigenvalue weighted by molar-refractivity contribution is 6.00. The molecule has 1 aromatic carbocycles. The standard InChI is InChI=1S/C20H20O4.C2H6/c1-6-7-8-9-12(2)18-13(3)14-10-15-17(11-16(14)22-18)23-20(4,5)24-19(15)21;1-2/h6-11H,2H2,1,3-5H3;1-2H3/b7-6-,9-8-;. The lowest BCUT2D eigenvalue weighted by molar-refractivity contribution is -0.127. The van der Waals surface area contributed by atoms with Crippen molar-refractivity contribution in [1.29, 1.82) is 0 Å². The first-order chi connectivity index (χ1) is 12.3. The number of hydrogen-bond donors (Lipinski definition) is 0. The number of furan rings is 1. The van der Waals surface area contributed by atoms with E-state index in [2.05, 4.69) is 6.58 Å². The number of carbonyl (C=O) groups is 1. The highest BCUT2D eigenvalue weighted by Crippen LogP contribution is 2.38. The lowest BCUT2D eigenvalue weighted by Crippen LogP contribution is -2.38. The maximum atomic E-state index is 12.2. The first-order valence-corrected chi connectivity index (χ1v) is 8.80. The summed E-state index contributed by atoms with van der Waals surface area (Å²) in [5.74, 6) is -0.210. The summed E-state index contributed by atoms with van der Waals surface area (Å²) in [5.41, 5.74) is 2.77. The average molecular weight is 354 g/mol. The van der Waals surface area contributed by atoms with E-state index in [0.717, 1.165) is 16.5 Å². The summed E-state index contributed by atoms with van der Waals surface area (Å²) >= 11 is 0. The lowest BCUT2D eigenvalue weighted by atomic mass is 10.0. The Labute approximate surface area is 154 Å². The summed E-state index contributed by atoms with van der Waals surface area (Å²) in [6.45, 7) is 15.3. The van der Waals surface area contributed by atoms with Gasteiger partial charge in [0.1, 0.15) is 22.7 Å². The molecular formula is C22H26O4. The molecular weight excluding hydrogens is 328 g/mol. The SMILES string of the molecule is C=C(/C=C\C=C/C)c1oc2cc3c(cc2c1C)C(=O)OC(C)(C)O3.CC. The third-order valence-electron chi connectivity index (χ3n) is 3.85. The van der Waals surface area contributed by atoms with Gasteiger partial charge in [-0.2, -0.15) is 0 Å². The second-order valence-electron chi connectivity index (χ2n) is 6.20. The minimum atomic E-state index is -0.985. The zero-order chi connectivity index (χ0) is 19.5. The predicted molar refractivity (Wildman–Crippen MR) is 105 cm³/mol. The molecule has 4 heteroatoms. The molecule has 0 saturated carbocycles. The zero-order valence-electron chi connectivity index (χ0n) is 16.3. The van der Waals surface area contributed by atoms with Gasteiger partial charge in [0.2, 0.25) is 5.79 Å². The Bertz CT molecular complexity index is 894. The van der Waals surface area contributed by atoms with Crippen molar-refractivity contribution >= 4 is 22.5 Å². The van der Waals surface area contributed by atoms with Crippen LogP contribution in [0.2, 0.25) is 0 Å². The summed E-state index contributed by atoms with van der Waals surface area (Å²) in [7, 11) is 0. The predicted octanol–water partition coefficient (Wildman–Crippen LogP) is 6.20. The van der Waals surface area contributed by atoms with Crippen LogP contribution in [0.15, 0.2) is 47.4 Å². The number of ether oxygens (including phenoxy) is 2. The maximum absolute atomic E-state index is 12.2. The summed E-state index contributed by atoms with van der Waals surface area (Å²) in [4.78, 5) is 12.2. The summed E-state index contributed by atoms with van der Waals surface area (Å²) in [6.07, 6.45) is 7.66. The van der Waals surface area contributed by atoms with E-state index in [-0.39, 0.29) is 0 Å². The maximum Gasteiger partial charge on any atom is 0.345 e. The van der Waals surface area contributed by atoms with Crippen molar-refractivity contribution < 1.29 is 18.7 Å². The highest BCUT2D eigenvalue weighted by Gasteiger charge is 2.34. The normalized spacial score (nSPS) is 15.4. The van der Waals surface area contributed by atoms with E-state index in [1.165, 1.54) is 0 Å². The summed E-state index contributed by atoms with van der Waals surface area (Å²) < 4.78 is 17.0. The van der Waals surface area contributed by atoms with E-state index < -0.39 is 11.8 Å². The molecule has 138 valence electrons. The fourth-order valence-electron chi connectivity index (χ4n) is 2.72. The molecule has 0 unspecified atom stereocenters. The number of hydrogen-bond acceptors (Lipinski definition) is 4. The number of cyclic esters (lactones) is 1. The van der Waals surface area contributed by atoms with Gasteiger partial charge in [-0.25, -0.2) is 4.79 Å². The van der Waals surface area contributed by atoms with Crippen molar-refractivity contribution in [3.63, 3.8) is 0 Å². The van der Waals surface area contributed by atoms with Crippen LogP contribution in [0, 0.1) is 6.92 Å². The van der Waals surface area contributed by atoms with Gasteiger partial charge < -0.3 is 13.9 Å². The van der Waals surface area contributed by atoms with Crippen LogP contribution in [0.3, 0.4) is 0 Å². The fourth-order valence-corrected chi connectivity index (χ4v) is 2.72. The van der Waals surface area contributed by atoms with Gasteiger partial charge in [-0.1, -0.05) is 44.7 Å². The molecule has 0 spiro atoms. The first-order valence-electron chi connectivity index (χ1n) is 8.80. The van der Waals surface area contributed by atoms with Crippen LogP contribution >= 0.6 is 0 Å². The summed E-state index contributed by atoms with van der Waals surface area (Å²) in [5, 5.41) is 0.851. The van der Waals surface area contributed by atoms with Crippen LogP contribution in [0.25, 0.3) is 16.5 Å². The molecule has 3 rings (SSSR count). The topological polar surface area (TPSA) is 48.7 Å². The van der Waals surface area contributed by atoms with Crippen molar-refractivity contribution in [2.24, 2.45) is 0 Å². The van der Waals surface area contributed by atoms with E-state index in [9.17, 15) is 4.79 Å². The molecule has 0 saturated heterocycles. The molecule has 4 nitrogen and oxygen atoms in total. The zero-order valence-corrected chi connectivity index (χ0v) is 16.3. The number of rotatable bonds is 3. The largest absolute Gasteiger partial charge is 0.456 e. The number of fused-ring (bicyclic) bond motifs is 2. The fraction of sp³-hybridized carbons (Fsp3) is 0.318. The van der Waals surface area contributed by atoms with Gasteiger partial charge in [0.25, 0.3) is 0 Å². The van der Waals surface area contributed by atoms with E-state index in [4.69, 9.17) is 13.9 Å². The van der Waals surface area contributed by atoms with Crippen molar-refractivity contribution in [2.45, 2.75) is 47.3 Å². The van der Waals surface area contributed by atoms with E-state index in [1.54, 1.807) is 26.0 Å². The van der Waals surface area contributed by atoms with Gasteiger partial charge in [0, 0.05) is 36.4 Å². The van der Waals surface area contributed by atoms with Gasteiger partial charge in [-0.15, -0.1) is 0 Å². The van der Waals surface area contributed by atoms with Crippen LogP contribution in [0.4, 0.5) is 0 Å². The van der Waals surface area contributed by atoms with Crippen LogP contribution in [0.5, 0.6) is 5.75 Å². The second-order valence-corrected chi connectivity index (χ2v) is 6.20. The second kappa shape index (κ2) is 7.65. The molecule has 0 amide bonds. The molecule has 1 aliphatic rings. The Hall–Kier alpha value is -2.75. The third-order valence-corrected chi connectivity index (χ3v) is 3.85. The Kier molecular flexibility index (Phi) is 5.76. The Morgan fingerprint density at radius 3 is 2.50 bits per heavy atom. The summed E-state index contributed by atoms with van der Waals surface area (Å²) in [6, 6.07) is 3.50. The van der Waals surface area contributed by atoms with Crippen molar-refractivity contribution in [2.75, 3.05) is 0 Å². The lowest BCUT2D eigenvalue weighted by Gasteiger charge is -2.31.